The van der Waals surface area contributed by atoms with Gasteiger partial charge in [0.25, 0.3) is 15.9 Å². The van der Waals surface area contributed by atoms with Crippen molar-refractivity contribution >= 4 is 15.9 Å². The number of sulfonamides is 1. The molecule has 2 unspecified atom stereocenters. The fourth-order valence-electron chi connectivity index (χ4n) is 2.96. The second kappa shape index (κ2) is 5.43. The van der Waals surface area contributed by atoms with Crippen molar-refractivity contribution in [3.63, 3.8) is 0 Å². The summed E-state index contributed by atoms with van der Waals surface area (Å²) < 4.78 is 30.6. The lowest BCUT2D eigenvalue weighted by Gasteiger charge is -2.23. The first-order chi connectivity index (χ1) is 9.99. The van der Waals surface area contributed by atoms with Crippen molar-refractivity contribution in [1.82, 2.24) is 14.9 Å². The van der Waals surface area contributed by atoms with Crippen molar-refractivity contribution in [2.24, 2.45) is 0 Å². The molecule has 0 aliphatic carbocycles. The lowest BCUT2D eigenvalue weighted by molar-refractivity contribution is 0.0710. The minimum atomic E-state index is -3.66. The Hall–Kier alpha value is -1.38. The third kappa shape index (κ3) is 2.83. The Morgan fingerprint density at radius 2 is 2.10 bits per heavy atom. The Kier molecular flexibility index (Phi) is 3.76. The third-order valence-electron chi connectivity index (χ3n) is 4.14. The molecule has 0 aromatic carbocycles. The molecular formula is C13H19N3O4S. The number of carbonyl (C=O) groups excluding carboxylic acids is 1. The van der Waals surface area contributed by atoms with E-state index in [2.05, 4.69) is 10.0 Å². The lowest BCUT2D eigenvalue weighted by Crippen LogP contribution is -2.38. The van der Waals surface area contributed by atoms with Gasteiger partial charge in [-0.25, -0.2) is 13.1 Å². The van der Waals surface area contributed by atoms with E-state index in [0.29, 0.717) is 25.2 Å². The van der Waals surface area contributed by atoms with Crippen LogP contribution in [0.5, 0.6) is 0 Å². The van der Waals surface area contributed by atoms with E-state index in [4.69, 9.17) is 4.42 Å². The van der Waals surface area contributed by atoms with Crippen LogP contribution in [0.3, 0.4) is 0 Å². The van der Waals surface area contributed by atoms with E-state index in [1.54, 1.807) is 4.90 Å². The molecule has 7 nitrogen and oxygen atoms in total. The highest BCUT2D eigenvalue weighted by molar-refractivity contribution is 7.89. The normalized spacial score (nSPS) is 25.9. The quantitative estimate of drug-likeness (QED) is 0.829. The van der Waals surface area contributed by atoms with Crippen molar-refractivity contribution in [3.8, 4) is 0 Å². The molecule has 2 fully saturated rings. The highest BCUT2D eigenvalue weighted by Crippen LogP contribution is 2.22. The fraction of sp³-hybridized carbons (Fsp3) is 0.615. The Morgan fingerprint density at radius 1 is 1.33 bits per heavy atom. The molecule has 0 saturated carbocycles. The van der Waals surface area contributed by atoms with E-state index in [9.17, 15) is 13.2 Å². The van der Waals surface area contributed by atoms with Crippen molar-refractivity contribution in [2.45, 2.75) is 36.4 Å². The second-order valence-corrected chi connectivity index (χ2v) is 7.32. The van der Waals surface area contributed by atoms with Crippen molar-refractivity contribution in [2.75, 3.05) is 20.1 Å². The van der Waals surface area contributed by atoms with Crippen LogP contribution in [0.1, 0.15) is 29.8 Å². The summed E-state index contributed by atoms with van der Waals surface area (Å²) >= 11 is 0. The van der Waals surface area contributed by atoms with E-state index in [1.807, 2.05) is 0 Å². The number of hydrogen-bond donors (Lipinski definition) is 2. The number of nitrogens with zero attached hydrogens (tertiary/aromatic N) is 1. The summed E-state index contributed by atoms with van der Waals surface area (Å²) in [6.45, 7) is 1.31. The number of rotatable bonds is 3. The van der Waals surface area contributed by atoms with Gasteiger partial charge in [-0.1, -0.05) is 0 Å². The SMILES string of the molecule is CNS(=O)(=O)c1ccc(C(=O)N2CCC3CCC(C2)N3)o1. The molecule has 1 aromatic rings. The summed E-state index contributed by atoms with van der Waals surface area (Å²) in [6, 6.07) is 3.55. The predicted octanol–water partition coefficient (Wildman–Crippen LogP) is 0.154. The van der Waals surface area contributed by atoms with Gasteiger partial charge in [-0.05, 0) is 38.4 Å². The van der Waals surface area contributed by atoms with E-state index < -0.39 is 10.0 Å². The number of amides is 1. The zero-order chi connectivity index (χ0) is 15.0. The topological polar surface area (TPSA) is 91.7 Å². The summed E-state index contributed by atoms with van der Waals surface area (Å²) in [5, 5.41) is 3.26. The number of likely N-dealkylation sites (tertiary alicyclic amines) is 1. The third-order valence-corrected chi connectivity index (χ3v) is 5.42. The molecule has 1 aromatic heterocycles. The van der Waals surface area contributed by atoms with Crippen LogP contribution in [-0.4, -0.2) is 51.4 Å². The fourth-order valence-corrected chi connectivity index (χ4v) is 3.61. The summed E-state index contributed by atoms with van der Waals surface area (Å²) in [6.07, 6.45) is 3.16. The van der Waals surface area contributed by atoms with Crippen LogP contribution < -0.4 is 10.0 Å². The number of furan rings is 1. The molecule has 0 spiro atoms. The molecule has 3 heterocycles. The lowest BCUT2D eigenvalue weighted by atomic mass is 10.1. The number of fused-ring (bicyclic) bond motifs is 2. The molecule has 2 atom stereocenters. The largest absolute Gasteiger partial charge is 0.438 e. The number of hydrogen-bond acceptors (Lipinski definition) is 5. The first kappa shape index (κ1) is 14.6. The molecule has 1 amide bonds. The van der Waals surface area contributed by atoms with Gasteiger partial charge in [-0.2, -0.15) is 0 Å². The first-order valence-electron chi connectivity index (χ1n) is 7.08. The van der Waals surface area contributed by atoms with Crippen LogP contribution in [0, 0.1) is 0 Å². The summed E-state index contributed by atoms with van der Waals surface area (Å²) in [7, 11) is -2.35. The van der Waals surface area contributed by atoms with Crippen LogP contribution in [0.25, 0.3) is 0 Å². The molecule has 8 heteroatoms. The molecule has 116 valence electrons. The van der Waals surface area contributed by atoms with Gasteiger partial charge in [0.2, 0.25) is 5.09 Å². The number of carbonyl (C=O) groups is 1. The van der Waals surface area contributed by atoms with Gasteiger partial charge in [0, 0.05) is 25.2 Å². The average molecular weight is 313 g/mol. The second-order valence-electron chi connectivity index (χ2n) is 5.50. The van der Waals surface area contributed by atoms with Crippen molar-refractivity contribution in [3.05, 3.63) is 17.9 Å². The predicted molar refractivity (Wildman–Crippen MR) is 75.4 cm³/mol. The van der Waals surface area contributed by atoms with Crippen LogP contribution in [0.15, 0.2) is 21.6 Å². The minimum Gasteiger partial charge on any atom is -0.438 e. The molecule has 21 heavy (non-hydrogen) atoms. The monoisotopic (exact) mass is 313 g/mol. The molecule has 2 aliphatic heterocycles. The first-order valence-corrected chi connectivity index (χ1v) is 8.56. The Morgan fingerprint density at radius 3 is 2.86 bits per heavy atom. The van der Waals surface area contributed by atoms with E-state index >= 15 is 0 Å². The number of nitrogens with one attached hydrogen (secondary N) is 2. The Bertz CT molecular complexity index is 640. The Labute approximate surface area is 123 Å². The van der Waals surface area contributed by atoms with Crippen LogP contribution in [0.4, 0.5) is 0 Å². The minimum absolute atomic E-state index is 0.0709. The zero-order valence-corrected chi connectivity index (χ0v) is 12.6. The summed E-state index contributed by atoms with van der Waals surface area (Å²) in [4.78, 5) is 14.2. The van der Waals surface area contributed by atoms with Crippen molar-refractivity contribution < 1.29 is 17.6 Å². The average Bonchev–Trinajstić information content (AvgIpc) is 3.05. The van der Waals surface area contributed by atoms with Gasteiger partial charge >= 0.3 is 0 Å². The highest BCUT2D eigenvalue weighted by Gasteiger charge is 2.32. The molecule has 3 rings (SSSR count). The van der Waals surface area contributed by atoms with Crippen LogP contribution >= 0.6 is 0 Å². The van der Waals surface area contributed by atoms with Gasteiger partial charge < -0.3 is 14.6 Å². The molecule has 2 N–H and O–H groups in total. The molecule has 2 saturated heterocycles. The van der Waals surface area contributed by atoms with Gasteiger partial charge in [0.15, 0.2) is 5.76 Å². The molecular weight excluding hydrogens is 294 g/mol. The summed E-state index contributed by atoms with van der Waals surface area (Å²) in [5.74, 6) is -0.177. The van der Waals surface area contributed by atoms with Gasteiger partial charge in [-0.3, -0.25) is 4.79 Å². The standard InChI is InChI=1S/C13H19N3O4S/c1-14-21(18,19)12-5-4-11(20-12)13(17)16-7-6-9-2-3-10(8-16)15-9/h4-5,9-10,14-15H,2-3,6-8H2,1H3. The zero-order valence-electron chi connectivity index (χ0n) is 11.8. The summed E-state index contributed by atoms with van der Waals surface area (Å²) in [5.41, 5.74) is 0. The van der Waals surface area contributed by atoms with Crippen LogP contribution in [0.2, 0.25) is 0 Å². The van der Waals surface area contributed by atoms with Gasteiger partial charge in [-0.15, -0.1) is 0 Å². The van der Waals surface area contributed by atoms with E-state index in [1.165, 1.54) is 19.2 Å². The smallest absolute Gasteiger partial charge is 0.289 e. The van der Waals surface area contributed by atoms with E-state index in [0.717, 1.165) is 19.3 Å². The van der Waals surface area contributed by atoms with Gasteiger partial charge in [0.1, 0.15) is 0 Å². The van der Waals surface area contributed by atoms with Crippen LogP contribution in [-0.2, 0) is 10.0 Å². The van der Waals surface area contributed by atoms with Gasteiger partial charge in [0.05, 0.1) is 0 Å². The Balaban J connectivity index is 1.76. The van der Waals surface area contributed by atoms with Crippen molar-refractivity contribution in [1.29, 1.82) is 0 Å². The maximum Gasteiger partial charge on any atom is 0.289 e. The molecule has 2 bridgehead atoms. The molecule has 0 radical (unpaired) electrons. The molecule has 2 aliphatic rings. The van der Waals surface area contributed by atoms with E-state index in [-0.39, 0.29) is 16.8 Å². The maximum absolute atomic E-state index is 12.4. The maximum atomic E-state index is 12.4. The highest BCUT2D eigenvalue weighted by atomic mass is 32.2.